The molecule has 0 aromatic rings. The normalized spacial score (nSPS) is 37.4. The Bertz CT molecular complexity index is 226. The highest BCUT2D eigenvalue weighted by Crippen LogP contribution is 2.27. The molecule has 0 aliphatic carbocycles. The molecule has 0 amide bonds. The van der Waals surface area contributed by atoms with Gasteiger partial charge in [0, 0.05) is 18.7 Å². The van der Waals surface area contributed by atoms with Gasteiger partial charge in [-0.15, -0.1) is 0 Å². The Balaban J connectivity index is 1.46. The van der Waals surface area contributed by atoms with Crippen LogP contribution in [0.1, 0.15) is 38.5 Å². The van der Waals surface area contributed by atoms with Crippen molar-refractivity contribution < 1.29 is 4.74 Å². The third-order valence-electron chi connectivity index (χ3n) is 4.89. The van der Waals surface area contributed by atoms with Crippen LogP contribution in [0.5, 0.6) is 0 Å². The molecule has 3 aliphatic rings. The first-order chi connectivity index (χ1) is 8.43. The molecule has 3 heteroatoms. The van der Waals surface area contributed by atoms with Crippen LogP contribution in [-0.2, 0) is 4.74 Å². The lowest BCUT2D eigenvalue weighted by molar-refractivity contribution is 0.00287. The summed E-state index contributed by atoms with van der Waals surface area (Å²) >= 11 is 0. The maximum Gasteiger partial charge on any atom is 0.0621 e. The first-order valence-corrected chi connectivity index (χ1v) is 7.48. The summed E-state index contributed by atoms with van der Waals surface area (Å²) in [5.74, 6) is 0.943. The summed E-state index contributed by atoms with van der Waals surface area (Å²) in [6.45, 7) is 5.82. The van der Waals surface area contributed by atoms with E-state index in [1.165, 1.54) is 58.2 Å². The quantitative estimate of drug-likeness (QED) is 0.791. The lowest BCUT2D eigenvalue weighted by atomic mass is 9.87. The van der Waals surface area contributed by atoms with Crippen LogP contribution < -0.4 is 5.32 Å². The van der Waals surface area contributed by atoms with E-state index in [2.05, 4.69) is 10.2 Å². The molecule has 3 saturated heterocycles. The maximum absolute atomic E-state index is 5.61. The number of hydrogen-bond donors (Lipinski definition) is 1. The van der Waals surface area contributed by atoms with Gasteiger partial charge in [-0.1, -0.05) is 0 Å². The highest BCUT2D eigenvalue weighted by molar-refractivity contribution is 4.87. The van der Waals surface area contributed by atoms with Gasteiger partial charge in [0.05, 0.1) is 6.61 Å². The second kappa shape index (κ2) is 5.68. The SMILES string of the molecule is C1CNC(C2CCN(C3CCCOC3)CC2)C1. The summed E-state index contributed by atoms with van der Waals surface area (Å²) in [4.78, 5) is 2.69. The molecular formula is C14H26N2O. The third-order valence-corrected chi connectivity index (χ3v) is 4.89. The molecule has 3 heterocycles. The Kier molecular flexibility index (Phi) is 3.99. The molecule has 17 heavy (non-hydrogen) atoms. The second-order valence-corrected chi connectivity index (χ2v) is 5.95. The Morgan fingerprint density at radius 3 is 2.53 bits per heavy atom. The maximum atomic E-state index is 5.61. The van der Waals surface area contributed by atoms with E-state index in [1.807, 2.05) is 0 Å². The lowest BCUT2D eigenvalue weighted by Gasteiger charge is -2.40. The van der Waals surface area contributed by atoms with Crippen molar-refractivity contribution >= 4 is 0 Å². The van der Waals surface area contributed by atoms with Gasteiger partial charge in [-0.2, -0.15) is 0 Å². The molecule has 3 aliphatic heterocycles. The van der Waals surface area contributed by atoms with Crippen LogP contribution >= 0.6 is 0 Å². The van der Waals surface area contributed by atoms with Crippen LogP contribution in [0.25, 0.3) is 0 Å². The fourth-order valence-corrected chi connectivity index (χ4v) is 3.81. The van der Waals surface area contributed by atoms with E-state index < -0.39 is 0 Å². The van der Waals surface area contributed by atoms with Gasteiger partial charge in [0.2, 0.25) is 0 Å². The lowest BCUT2D eigenvalue weighted by Crippen LogP contribution is -2.47. The van der Waals surface area contributed by atoms with Crippen LogP contribution in [-0.4, -0.2) is 49.8 Å². The van der Waals surface area contributed by atoms with E-state index in [0.717, 1.165) is 31.2 Å². The molecule has 0 saturated carbocycles. The van der Waals surface area contributed by atoms with Crippen LogP contribution in [0, 0.1) is 5.92 Å². The average molecular weight is 238 g/mol. The van der Waals surface area contributed by atoms with E-state index in [0.29, 0.717) is 0 Å². The molecule has 0 radical (unpaired) electrons. The Hall–Kier alpha value is -0.120. The standard InChI is InChI=1S/C14H26N2O/c1-4-14(15-7-1)12-5-8-16(9-6-12)13-3-2-10-17-11-13/h12-15H,1-11H2. The van der Waals surface area contributed by atoms with E-state index in [9.17, 15) is 0 Å². The van der Waals surface area contributed by atoms with Crippen molar-refractivity contribution in [3.8, 4) is 0 Å². The summed E-state index contributed by atoms with van der Waals surface area (Å²) < 4.78 is 5.61. The van der Waals surface area contributed by atoms with Gasteiger partial charge in [0.15, 0.2) is 0 Å². The predicted molar refractivity (Wildman–Crippen MR) is 69.2 cm³/mol. The highest BCUT2D eigenvalue weighted by Gasteiger charge is 2.31. The number of hydrogen-bond acceptors (Lipinski definition) is 3. The number of ether oxygens (including phenoxy) is 1. The van der Waals surface area contributed by atoms with Crippen molar-refractivity contribution in [2.45, 2.75) is 50.6 Å². The molecule has 2 unspecified atom stereocenters. The van der Waals surface area contributed by atoms with E-state index in [1.54, 1.807) is 0 Å². The number of likely N-dealkylation sites (tertiary alicyclic amines) is 1. The topological polar surface area (TPSA) is 24.5 Å². The van der Waals surface area contributed by atoms with Crippen molar-refractivity contribution in [3.63, 3.8) is 0 Å². The molecule has 1 N–H and O–H groups in total. The minimum atomic E-state index is 0.723. The summed E-state index contributed by atoms with van der Waals surface area (Å²) in [5, 5.41) is 3.68. The smallest absolute Gasteiger partial charge is 0.0621 e. The van der Waals surface area contributed by atoms with Crippen molar-refractivity contribution in [3.05, 3.63) is 0 Å². The molecule has 3 fully saturated rings. The minimum Gasteiger partial charge on any atom is -0.380 e. The Labute approximate surface area is 105 Å². The van der Waals surface area contributed by atoms with E-state index >= 15 is 0 Å². The van der Waals surface area contributed by atoms with Gasteiger partial charge in [-0.25, -0.2) is 0 Å². The third kappa shape index (κ3) is 2.83. The fraction of sp³-hybridized carbons (Fsp3) is 1.00. The van der Waals surface area contributed by atoms with Crippen LogP contribution in [0.4, 0.5) is 0 Å². The summed E-state index contributed by atoms with van der Waals surface area (Å²) in [6.07, 6.45) is 8.21. The fourth-order valence-electron chi connectivity index (χ4n) is 3.81. The Morgan fingerprint density at radius 1 is 1.00 bits per heavy atom. The molecule has 0 aromatic carbocycles. The van der Waals surface area contributed by atoms with Gasteiger partial charge in [0.25, 0.3) is 0 Å². The summed E-state index contributed by atoms with van der Waals surface area (Å²) in [7, 11) is 0. The van der Waals surface area contributed by atoms with Crippen molar-refractivity contribution in [2.24, 2.45) is 5.92 Å². The zero-order chi connectivity index (χ0) is 11.5. The van der Waals surface area contributed by atoms with Crippen molar-refractivity contribution in [1.82, 2.24) is 10.2 Å². The predicted octanol–water partition coefficient (Wildman–Crippen LogP) is 1.63. The first-order valence-electron chi connectivity index (χ1n) is 7.48. The van der Waals surface area contributed by atoms with Gasteiger partial charge in [-0.3, -0.25) is 4.90 Å². The van der Waals surface area contributed by atoms with Crippen molar-refractivity contribution in [2.75, 3.05) is 32.8 Å². The van der Waals surface area contributed by atoms with Gasteiger partial charge in [0.1, 0.15) is 0 Å². The van der Waals surface area contributed by atoms with Gasteiger partial charge in [-0.05, 0) is 64.1 Å². The van der Waals surface area contributed by atoms with Crippen LogP contribution in [0.15, 0.2) is 0 Å². The second-order valence-electron chi connectivity index (χ2n) is 5.95. The summed E-state index contributed by atoms with van der Waals surface area (Å²) in [5.41, 5.74) is 0. The number of nitrogens with one attached hydrogen (secondary N) is 1. The largest absolute Gasteiger partial charge is 0.380 e. The zero-order valence-corrected chi connectivity index (χ0v) is 10.9. The zero-order valence-electron chi connectivity index (χ0n) is 10.9. The van der Waals surface area contributed by atoms with Crippen molar-refractivity contribution in [1.29, 1.82) is 0 Å². The molecule has 0 spiro atoms. The number of rotatable bonds is 2. The molecule has 2 atom stereocenters. The number of nitrogens with zero attached hydrogens (tertiary/aromatic N) is 1. The minimum absolute atomic E-state index is 0.723. The van der Waals surface area contributed by atoms with Crippen LogP contribution in [0.3, 0.4) is 0 Å². The molecule has 3 rings (SSSR count). The molecule has 0 aromatic heterocycles. The van der Waals surface area contributed by atoms with Crippen LogP contribution in [0.2, 0.25) is 0 Å². The van der Waals surface area contributed by atoms with Gasteiger partial charge >= 0.3 is 0 Å². The highest BCUT2D eigenvalue weighted by atomic mass is 16.5. The first kappa shape index (κ1) is 11.9. The van der Waals surface area contributed by atoms with E-state index in [-0.39, 0.29) is 0 Å². The molecule has 0 bridgehead atoms. The Morgan fingerprint density at radius 2 is 1.88 bits per heavy atom. The molecule has 98 valence electrons. The summed E-state index contributed by atoms with van der Waals surface area (Å²) in [6, 6.07) is 1.56. The monoisotopic (exact) mass is 238 g/mol. The number of piperidine rings is 1. The molecule has 3 nitrogen and oxygen atoms in total. The van der Waals surface area contributed by atoms with E-state index in [4.69, 9.17) is 4.74 Å². The average Bonchev–Trinajstić information content (AvgIpc) is 2.94. The van der Waals surface area contributed by atoms with Gasteiger partial charge < -0.3 is 10.1 Å². The molecular weight excluding hydrogens is 212 g/mol.